The fraction of sp³-hybridized carbons (Fsp3) is 0.900. The van der Waals surface area contributed by atoms with E-state index in [-0.39, 0.29) is 0 Å². The van der Waals surface area contributed by atoms with Gasteiger partial charge in [-0.3, -0.25) is 0 Å². The summed E-state index contributed by atoms with van der Waals surface area (Å²) in [6, 6.07) is 0. The van der Waals surface area contributed by atoms with Gasteiger partial charge in [-0.15, -0.1) is 0 Å². The summed E-state index contributed by atoms with van der Waals surface area (Å²) in [6.07, 6.45) is 2.30. The van der Waals surface area contributed by atoms with Gasteiger partial charge in [0.05, 0.1) is 12.7 Å². The van der Waals surface area contributed by atoms with Crippen molar-refractivity contribution in [3.63, 3.8) is 0 Å². The van der Waals surface area contributed by atoms with E-state index in [0.717, 1.165) is 26.0 Å². The van der Waals surface area contributed by atoms with Crippen molar-refractivity contribution in [1.29, 1.82) is 0 Å². The molecule has 0 aromatic rings. The Morgan fingerprint density at radius 1 is 1.62 bits per heavy atom. The lowest BCUT2D eigenvalue weighted by Gasteiger charge is -2.20. The summed E-state index contributed by atoms with van der Waals surface area (Å²) in [7, 11) is 0. The number of hydrazone groups is 1. The zero-order valence-electron chi connectivity index (χ0n) is 8.84. The van der Waals surface area contributed by atoms with Crippen LogP contribution in [0.5, 0.6) is 0 Å². The summed E-state index contributed by atoms with van der Waals surface area (Å²) < 4.78 is 5.43. The molecule has 13 heavy (non-hydrogen) atoms. The van der Waals surface area contributed by atoms with Gasteiger partial charge < -0.3 is 10.2 Å². The van der Waals surface area contributed by atoms with Gasteiger partial charge in [0.2, 0.25) is 0 Å². The van der Waals surface area contributed by atoms with Gasteiger partial charge in [0.25, 0.3) is 0 Å². The van der Waals surface area contributed by atoms with E-state index in [1.807, 2.05) is 0 Å². The summed E-state index contributed by atoms with van der Waals surface area (Å²) in [5, 5.41) is 4.36. The predicted octanol–water partition coefficient (Wildman–Crippen LogP) is 1.79. The van der Waals surface area contributed by atoms with Gasteiger partial charge in [-0.2, -0.15) is 5.10 Å². The SMILES string of the molecule is CC(C)CN/N=C1\CCOC(C)C1. The molecule has 0 bridgehead atoms. The van der Waals surface area contributed by atoms with Crippen LogP contribution in [0.25, 0.3) is 0 Å². The van der Waals surface area contributed by atoms with Crippen molar-refractivity contribution in [2.75, 3.05) is 13.2 Å². The molecule has 3 heteroatoms. The fourth-order valence-corrected chi connectivity index (χ4v) is 1.31. The summed E-state index contributed by atoms with van der Waals surface area (Å²) in [5.41, 5.74) is 4.36. The van der Waals surface area contributed by atoms with Gasteiger partial charge in [0.15, 0.2) is 0 Å². The summed E-state index contributed by atoms with van der Waals surface area (Å²) >= 11 is 0. The second-order valence-electron chi connectivity index (χ2n) is 4.07. The third-order valence-electron chi connectivity index (χ3n) is 2.05. The molecule has 0 spiro atoms. The van der Waals surface area contributed by atoms with E-state index in [9.17, 15) is 0 Å². The van der Waals surface area contributed by atoms with Gasteiger partial charge in [-0.1, -0.05) is 13.8 Å². The molecule has 1 aliphatic rings. The van der Waals surface area contributed by atoms with Crippen molar-refractivity contribution in [3.05, 3.63) is 0 Å². The number of nitrogens with zero attached hydrogens (tertiary/aromatic N) is 1. The highest BCUT2D eigenvalue weighted by molar-refractivity contribution is 5.85. The lowest BCUT2D eigenvalue weighted by molar-refractivity contribution is 0.0631. The number of rotatable bonds is 3. The van der Waals surface area contributed by atoms with Gasteiger partial charge in [0.1, 0.15) is 0 Å². The topological polar surface area (TPSA) is 33.6 Å². The van der Waals surface area contributed by atoms with Crippen molar-refractivity contribution < 1.29 is 4.74 Å². The van der Waals surface area contributed by atoms with Crippen LogP contribution in [0.15, 0.2) is 5.10 Å². The van der Waals surface area contributed by atoms with E-state index in [2.05, 4.69) is 31.3 Å². The van der Waals surface area contributed by atoms with Crippen LogP contribution in [0.1, 0.15) is 33.6 Å². The Morgan fingerprint density at radius 3 is 3.00 bits per heavy atom. The van der Waals surface area contributed by atoms with Crippen LogP contribution < -0.4 is 5.43 Å². The third-order valence-corrected chi connectivity index (χ3v) is 2.05. The Hall–Kier alpha value is -0.570. The van der Waals surface area contributed by atoms with Crippen molar-refractivity contribution >= 4 is 5.71 Å². The zero-order valence-corrected chi connectivity index (χ0v) is 8.84. The average molecular weight is 184 g/mol. The molecule has 1 aliphatic heterocycles. The molecule has 0 aromatic heterocycles. The molecular formula is C10H20N2O. The van der Waals surface area contributed by atoms with Gasteiger partial charge in [-0.05, 0) is 12.8 Å². The second kappa shape index (κ2) is 5.22. The molecule has 1 rings (SSSR count). The number of hydrogen-bond acceptors (Lipinski definition) is 3. The van der Waals surface area contributed by atoms with Gasteiger partial charge in [-0.25, -0.2) is 0 Å². The van der Waals surface area contributed by atoms with Crippen LogP contribution in [-0.2, 0) is 4.74 Å². The molecule has 1 N–H and O–H groups in total. The van der Waals surface area contributed by atoms with Crippen LogP contribution in [0, 0.1) is 5.92 Å². The molecule has 1 saturated heterocycles. The van der Waals surface area contributed by atoms with Crippen LogP contribution >= 0.6 is 0 Å². The zero-order chi connectivity index (χ0) is 9.68. The molecule has 0 aromatic carbocycles. The highest BCUT2D eigenvalue weighted by Gasteiger charge is 2.13. The lowest BCUT2D eigenvalue weighted by Crippen LogP contribution is -2.25. The van der Waals surface area contributed by atoms with Gasteiger partial charge in [0, 0.05) is 25.1 Å². The van der Waals surface area contributed by atoms with Gasteiger partial charge >= 0.3 is 0 Å². The molecule has 0 radical (unpaired) electrons. The number of nitrogens with one attached hydrogen (secondary N) is 1. The molecular weight excluding hydrogens is 164 g/mol. The fourth-order valence-electron chi connectivity index (χ4n) is 1.31. The van der Waals surface area contributed by atoms with E-state index in [0.29, 0.717) is 12.0 Å². The quantitative estimate of drug-likeness (QED) is 0.678. The number of hydrogen-bond donors (Lipinski definition) is 1. The van der Waals surface area contributed by atoms with Crippen LogP contribution in [0.4, 0.5) is 0 Å². The van der Waals surface area contributed by atoms with Crippen molar-refractivity contribution in [3.8, 4) is 0 Å². The largest absolute Gasteiger partial charge is 0.378 e. The maximum Gasteiger partial charge on any atom is 0.0599 e. The summed E-state index contributed by atoms with van der Waals surface area (Å²) in [4.78, 5) is 0. The molecule has 1 unspecified atom stereocenters. The minimum absolute atomic E-state index is 0.341. The number of ether oxygens (including phenoxy) is 1. The smallest absolute Gasteiger partial charge is 0.0599 e. The first-order valence-corrected chi connectivity index (χ1v) is 5.08. The maximum absolute atomic E-state index is 5.43. The van der Waals surface area contributed by atoms with Crippen molar-refractivity contribution in [1.82, 2.24) is 5.43 Å². The third kappa shape index (κ3) is 4.27. The Balaban J connectivity index is 2.25. The highest BCUT2D eigenvalue weighted by atomic mass is 16.5. The normalized spacial score (nSPS) is 26.8. The summed E-state index contributed by atoms with van der Waals surface area (Å²) in [5.74, 6) is 0.654. The van der Waals surface area contributed by atoms with Crippen LogP contribution in [0.2, 0.25) is 0 Å². The molecule has 3 nitrogen and oxygen atoms in total. The van der Waals surface area contributed by atoms with E-state index in [1.54, 1.807) is 0 Å². The average Bonchev–Trinajstić information content (AvgIpc) is 2.03. The summed E-state index contributed by atoms with van der Waals surface area (Å²) in [6.45, 7) is 8.23. The standard InChI is InChI=1S/C10H20N2O/c1-8(2)7-11-12-10-4-5-13-9(3)6-10/h8-9,11H,4-7H2,1-3H3/b12-10+. The highest BCUT2D eigenvalue weighted by Crippen LogP contribution is 2.09. The van der Waals surface area contributed by atoms with Crippen LogP contribution in [0.3, 0.4) is 0 Å². The maximum atomic E-state index is 5.43. The minimum atomic E-state index is 0.341. The van der Waals surface area contributed by atoms with Crippen molar-refractivity contribution in [2.45, 2.75) is 39.7 Å². The second-order valence-corrected chi connectivity index (χ2v) is 4.07. The van der Waals surface area contributed by atoms with E-state index >= 15 is 0 Å². The van der Waals surface area contributed by atoms with Crippen molar-refractivity contribution in [2.24, 2.45) is 11.0 Å². The Labute approximate surface area is 80.5 Å². The van der Waals surface area contributed by atoms with E-state index < -0.39 is 0 Å². The lowest BCUT2D eigenvalue weighted by atomic mass is 10.1. The molecule has 0 amide bonds. The van der Waals surface area contributed by atoms with E-state index in [4.69, 9.17) is 4.74 Å². The predicted molar refractivity (Wildman–Crippen MR) is 54.9 cm³/mol. The molecule has 1 heterocycles. The molecule has 0 saturated carbocycles. The Bertz CT molecular complexity index is 178. The Kier molecular flexibility index (Phi) is 4.22. The molecule has 76 valence electrons. The van der Waals surface area contributed by atoms with Crippen LogP contribution in [-0.4, -0.2) is 25.0 Å². The molecule has 1 fully saturated rings. The van der Waals surface area contributed by atoms with E-state index in [1.165, 1.54) is 5.71 Å². The molecule has 0 aliphatic carbocycles. The molecule has 1 atom stereocenters. The monoisotopic (exact) mass is 184 g/mol. The Morgan fingerprint density at radius 2 is 2.38 bits per heavy atom. The first kappa shape index (κ1) is 10.5. The first-order valence-electron chi connectivity index (χ1n) is 5.08. The first-order chi connectivity index (χ1) is 6.18. The minimum Gasteiger partial charge on any atom is -0.378 e.